The number of imide groups is 1. The summed E-state index contributed by atoms with van der Waals surface area (Å²) in [7, 11) is 3.06. The number of nitrogens with zero attached hydrogens (tertiary/aromatic N) is 1. The van der Waals surface area contributed by atoms with Crippen molar-refractivity contribution in [3.05, 3.63) is 23.8 Å². The Balaban J connectivity index is 1.64. The van der Waals surface area contributed by atoms with Crippen LogP contribution in [0, 0.1) is 5.92 Å². The van der Waals surface area contributed by atoms with Crippen molar-refractivity contribution in [3.63, 3.8) is 0 Å². The predicted octanol–water partition coefficient (Wildman–Crippen LogP) is 2.25. The summed E-state index contributed by atoms with van der Waals surface area (Å²) in [4.78, 5) is 38.5. The Morgan fingerprint density at radius 1 is 1.25 bits per heavy atom. The van der Waals surface area contributed by atoms with Gasteiger partial charge in [0, 0.05) is 5.56 Å². The molecule has 8 nitrogen and oxygen atoms in total. The second-order valence-corrected chi connectivity index (χ2v) is 7.28. The summed E-state index contributed by atoms with van der Waals surface area (Å²) in [6.45, 7) is 1.50. The summed E-state index contributed by atoms with van der Waals surface area (Å²) in [6.07, 6.45) is 3.39. The van der Waals surface area contributed by atoms with Gasteiger partial charge < -0.3 is 19.5 Å². The van der Waals surface area contributed by atoms with Gasteiger partial charge in [-0.15, -0.1) is 0 Å². The van der Waals surface area contributed by atoms with Gasteiger partial charge in [-0.05, 0) is 37.0 Å². The van der Waals surface area contributed by atoms with E-state index in [1.165, 1.54) is 14.2 Å². The Kier molecular flexibility index (Phi) is 5.76. The molecule has 2 aliphatic rings. The number of carbonyl (C=O) groups excluding carboxylic acids is 3. The maximum atomic E-state index is 12.9. The van der Waals surface area contributed by atoms with Crippen molar-refractivity contribution in [2.75, 3.05) is 20.8 Å². The predicted molar refractivity (Wildman–Crippen MR) is 99.9 cm³/mol. The monoisotopic (exact) mass is 390 g/mol. The number of urea groups is 1. The largest absolute Gasteiger partial charge is 0.497 e. The minimum Gasteiger partial charge on any atom is -0.497 e. The van der Waals surface area contributed by atoms with E-state index >= 15 is 0 Å². The Morgan fingerprint density at radius 3 is 2.71 bits per heavy atom. The van der Waals surface area contributed by atoms with Crippen LogP contribution < -0.4 is 14.8 Å². The van der Waals surface area contributed by atoms with Gasteiger partial charge in [-0.3, -0.25) is 14.5 Å². The van der Waals surface area contributed by atoms with Crippen LogP contribution in [0.1, 0.15) is 38.2 Å². The third-order valence-electron chi connectivity index (χ3n) is 5.66. The lowest BCUT2D eigenvalue weighted by Crippen LogP contribution is -2.54. The maximum Gasteiger partial charge on any atom is 0.326 e. The van der Waals surface area contributed by atoms with E-state index in [4.69, 9.17) is 14.2 Å². The summed E-state index contributed by atoms with van der Waals surface area (Å²) in [5.74, 6) is 0.210. The number of hydrogen-bond acceptors (Lipinski definition) is 6. The van der Waals surface area contributed by atoms with Crippen LogP contribution >= 0.6 is 0 Å². The molecule has 0 radical (unpaired) electrons. The van der Waals surface area contributed by atoms with Crippen molar-refractivity contribution in [1.82, 2.24) is 10.2 Å². The Bertz CT molecular complexity index is 780. The van der Waals surface area contributed by atoms with Crippen LogP contribution in [-0.4, -0.2) is 49.1 Å². The Labute approximate surface area is 164 Å². The highest BCUT2D eigenvalue weighted by atomic mass is 16.5. The number of esters is 1. The molecule has 152 valence electrons. The van der Waals surface area contributed by atoms with Crippen molar-refractivity contribution in [2.45, 2.75) is 44.8 Å². The normalized spacial score (nSPS) is 24.2. The van der Waals surface area contributed by atoms with Crippen LogP contribution in [0.2, 0.25) is 0 Å². The topological polar surface area (TPSA) is 94.2 Å². The maximum absolute atomic E-state index is 12.9. The fourth-order valence-electron chi connectivity index (χ4n) is 3.97. The van der Waals surface area contributed by atoms with Crippen molar-refractivity contribution in [3.8, 4) is 11.5 Å². The molecular formula is C20H26N2O6. The van der Waals surface area contributed by atoms with E-state index in [1.807, 2.05) is 6.92 Å². The number of rotatable bonds is 6. The molecule has 1 heterocycles. The van der Waals surface area contributed by atoms with Gasteiger partial charge in [0.1, 0.15) is 30.2 Å². The SMILES string of the molecule is COc1ccc(OC)c(COC(=O)CN2C(=O)N[C@]3(CCCC[C@@H]3C)C2=O)c1. The summed E-state index contributed by atoms with van der Waals surface area (Å²) >= 11 is 0. The molecule has 1 saturated carbocycles. The van der Waals surface area contributed by atoms with Gasteiger partial charge in [-0.25, -0.2) is 4.79 Å². The molecule has 1 aliphatic heterocycles. The number of hydrogen-bond donors (Lipinski definition) is 1. The van der Waals surface area contributed by atoms with Crippen LogP contribution in [0.5, 0.6) is 11.5 Å². The van der Waals surface area contributed by atoms with Crippen LogP contribution in [-0.2, 0) is 20.9 Å². The van der Waals surface area contributed by atoms with Gasteiger partial charge in [-0.2, -0.15) is 0 Å². The molecular weight excluding hydrogens is 364 g/mol. The van der Waals surface area contributed by atoms with Crippen molar-refractivity contribution >= 4 is 17.9 Å². The average molecular weight is 390 g/mol. The number of amides is 3. The summed E-state index contributed by atoms with van der Waals surface area (Å²) in [5.41, 5.74) is -0.254. The van der Waals surface area contributed by atoms with E-state index in [0.29, 0.717) is 23.5 Å². The minimum absolute atomic E-state index is 0.0414. The van der Waals surface area contributed by atoms with Crippen molar-refractivity contribution in [2.24, 2.45) is 5.92 Å². The van der Waals surface area contributed by atoms with Crippen LogP contribution in [0.3, 0.4) is 0 Å². The highest BCUT2D eigenvalue weighted by Gasteiger charge is 2.55. The lowest BCUT2D eigenvalue weighted by Gasteiger charge is -2.36. The molecule has 2 fully saturated rings. The van der Waals surface area contributed by atoms with E-state index in [-0.39, 0.29) is 18.4 Å². The Morgan fingerprint density at radius 2 is 2.04 bits per heavy atom. The molecule has 1 N–H and O–H groups in total. The first-order chi connectivity index (χ1) is 13.4. The van der Waals surface area contributed by atoms with Crippen LogP contribution in [0.15, 0.2) is 18.2 Å². The molecule has 1 aliphatic carbocycles. The second kappa shape index (κ2) is 8.08. The van der Waals surface area contributed by atoms with E-state index in [2.05, 4.69) is 5.32 Å². The summed E-state index contributed by atoms with van der Waals surface area (Å²) < 4.78 is 15.7. The quantitative estimate of drug-likeness (QED) is 0.591. The zero-order valence-corrected chi connectivity index (χ0v) is 16.4. The molecule has 1 saturated heterocycles. The fraction of sp³-hybridized carbons (Fsp3) is 0.550. The van der Waals surface area contributed by atoms with Gasteiger partial charge in [-0.1, -0.05) is 19.8 Å². The summed E-state index contributed by atoms with van der Waals surface area (Å²) in [6, 6.07) is 4.63. The van der Waals surface area contributed by atoms with Gasteiger partial charge in [0.15, 0.2) is 0 Å². The van der Waals surface area contributed by atoms with Crippen molar-refractivity contribution < 1.29 is 28.6 Å². The van der Waals surface area contributed by atoms with Crippen molar-refractivity contribution in [1.29, 1.82) is 0 Å². The number of methoxy groups -OCH3 is 2. The Hall–Kier alpha value is -2.77. The highest BCUT2D eigenvalue weighted by molar-refractivity contribution is 6.08. The van der Waals surface area contributed by atoms with Gasteiger partial charge in [0.2, 0.25) is 0 Å². The summed E-state index contributed by atoms with van der Waals surface area (Å²) in [5, 5.41) is 2.82. The first-order valence-corrected chi connectivity index (χ1v) is 9.42. The average Bonchev–Trinajstić information content (AvgIpc) is 2.93. The zero-order valence-electron chi connectivity index (χ0n) is 16.4. The molecule has 0 unspecified atom stereocenters. The molecule has 0 bridgehead atoms. The van der Waals surface area contributed by atoms with Crippen LogP contribution in [0.25, 0.3) is 0 Å². The van der Waals surface area contributed by atoms with Gasteiger partial charge in [0.05, 0.1) is 14.2 Å². The number of carbonyl (C=O) groups is 3. The molecule has 8 heteroatoms. The molecule has 1 spiro atoms. The fourth-order valence-corrected chi connectivity index (χ4v) is 3.97. The molecule has 0 aromatic heterocycles. The third kappa shape index (κ3) is 3.63. The lowest BCUT2D eigenvalue weighted by molar-refractivity contribution is -0.149. The molecule has 2 atom stereocenters. The van der Waals surface area contributed by atoms with Gasteiger partial charge in [0.25, 0.3) is 5.91 Å². The third-order valence-corrected chi connectivity index (χ3v) is 5.66. The van der Waals surface area contributed by atoms with Gasteiger partial charge >= 0.3 is 12.0 Å². The molecule has 1 aromatic carbocycles. The van der Waals surface area contributed by atoms with E-state index in [1.54, 1.807) is 18.2 Å². The number of benzene rings is 1. The minimum atomic E-state index is -0.883. The molecule has 1 aromatic rings. The molecule has 3 amide bonds. The first-order valence-electron chi connectivity index (χ1n) is 9.42. The number of nitrogens with one attached hydrogen (secondary N) is 1. The highest BCUT2D eigenvalue weighted by Crippen LogP contribution is 2.38. The molecule has 3 rings (SSSR count). The van der Waals surface area contributed by atoms with Crippen LogP contribution in [0.4, 0.5) is 4.79 Å². The van der Waals surface area contributed by atoms with E-state index in [0.717, 1.165) is 24.2 Å². The lowest BCUT2D eigenvalue weighted by atomic mass is 9.73. The van der Waals surface area contributed by atoms with E-state index < -0.39 is 24.1 Å². The first kappa shape index (κ1) is 20.0. The smallest absolute Gasteiger partial charge is 0.326 e. The number of ether oxygens (including phenoxy) is 3. The second-order valence-electron chi connectivity index (χ2n) is 7.28. The molecule has 28 heavy (non-hydrogen) atoms. The standard InChI is InChI=1S/C20H26N2O6/c1-13-6-4-5-9-20(13)18(24)22(19(25)21-20)11-17(23)28-12-14-10-15(26-2)7-8-16(14)27-3/h7-8,10,13H,4-6,9,11-12H2,1-3H3,(H,21,25)/t13-,20-/m0/s1. The zero-order chi connectivity index (χ0) is 20.3. The van der Waals surface area contributed by atoms with E-state index in [9.17, 15) is 14.4 Å².